The number of nitrogens with one attached hydrogen (secondary N) is 2. The number of rotatable bonds is 10. The number of carbonyl (C=O) groups is 3. The highest BCUT2D eigenvalue weighted by molar-refractivity contribution is 6.01. The van der Waals surface area contributed by atoms with Gasteiger partial charge in [-0.3, -0.25) is 34.0 Å². The first kappa shape index (κ1) is 35.0. The van der Waals surface area contributed by atoms with E-state index < -0.39 is 0 Å². The van der Waals surface area contributed by atoms with Crippen LogP contribution in [0.15, 0.2) is 53.6 Å². The largest absolute Gasteiger partial charge is 0.367 e. The average Bonchev–Trinajstić information content (AvgIpc) is 3.66. The third-order valence-electron chi connectivity index (χ3n) is 11.7. The molecule has 3 aliphatic heterocycles. The molecule has 1 saturated carbocycles. The number of amides is 2. The molecule has 8 rings (SSSR count). The molecular weight excluding hydrogens is 670 g/mol. The molecule has 1 atom stereocenters. The molecule has 0 spiro atoms. The van der Waals surface area contributed by atoms with Gasteiger partial charge in [-0.2, -0.15) is 4.98 Å². The highest BCUT2D eigenvalue weighted by atomic mass is 16.2. The van der Waals surface area contributed by atoms with Crippen LogP contribution in [0.5, 0.6) is 0 Å². The number of aryl methyl sites for hydroxylation is 1. The van der Waals surface area contributed by atoms with E-state index >= 15 is 0 Å². The molecule has 276 valence electrons. The van der Waals surface area contributed by atoms with Crippen LogP contribution in [0, 0.1) is 6.92 Å². The van der Waals surface area contributed by atoms with Crippen molar-refractivity contribution in [2.75, 3.05) is 56.0 Å². The second kappa shape index (κ2) is 14.8. The van der Waals surface area contributed by atoms with Gasteiger partial charge in [0.2, 0.25) is 17.8 Å². The van der Waals surface area contributed by atoms with Gasteiger partial charge in [0.25, 0.3) is 5.56 Å². The molecule has 4 aliphatic rings. The summed E-state index contributed by atoms with van der Waals surface area (Å²) in [6, 6.07) is 12.9. The van der Waals surface area contributed by atoms with E-state index in [9.17, 15) is 19.2 Å². The van der Waals surface area contributed by atoms with Gasteiger partial charge in [-0.25, -0.2) is 9.97 Å². The summed E-state index contributed by atoms with van der Waals surface area (Å²) in [5, 5.41) is 6.40. The second-order valence-electron chi connectivity index (χ2n) is 15.1. The van der Waals surface area contributed by atoms with Crippen LogP contribution in [0.3, 0.4) is 0 Å². The SMILES string of the molecule is CC(=O)c1c(C)c2cnc(Nc3ccc(N4CC(N5CCN(CCc6ccc(C7CCC(=O)NC7=O)cc6)CC5)C4)cn3)nc2n(C2CCCC2)c1=O. The monoisotopic (exact) mass is 717 g/mol. The average molecular weight is 718 g/mol. The van der Waals surface area contributed by atoms with Crippen LogP contribution in [-0.4, -0.2) is 98.8 Å². The van der Waals surface area contributed by atoms with Gasteiger partial charge < -0.3 is 15.1 Å². The summed E-state index contributed by atoms with van der Waals surface area (Å²) in [5.41, 5.74) is 4.48. The zero-order valence-corrected chi connectivity index (χ0v) is 30.5. The number of benzene rings is 1. The van der Waals surface area contributed by atoms with E-state index in [2.05, 4.69) is 53.5 Å². The molecule has 0 bridgehead atoms. The molecule has 2 N–H and O–H groups in total. The van der Waals surface area contributed by atoms with Gasteiger partial charge in [-0.1, -0.05) is 37.1 Å². The van der Waals surface area contributed by atoms with Gasteiger partial charge in [0, 0.05) is 75.9 Å². The summed E-state index contributed by atoms with van der Waals surface area (Å²) in [6.45, 7) is 10.4. The highest BCUT2D eigenvalue weighted by Crippen LogP contribution is 2.32. The summed E-state index contributed by atoms with van der Waals surface area (Å²) < 4.78 is 1.73. The van der Waals surface area contributed by atoms with Crippen LogP contribution >= 0.6 is 0 Å². The van der Waals surface area contributed by atoms with Crippen molar-refractivity contribution in [3.63, 3.8) is 0 Å². The van der Waals surface area contributed by atoms with E-state index in [0.29, 0.717) is 41.9 Å². The van der Waals surface area contributed by atoms with Crippen molar-refractivity contribution < 1.29 is 14.4 Å². The van der Waals surface area contributed by atoms with Crippen molar-refractivity contribution in [1.29, 1.82) is 0 Å². The summed E-state index contributed by atoms with van der Waals surface area (Å²) in [7, 11) is 0. The van der Waals surface area contributed by atoms with Gasteiger partial charge in [0.05, 0.1) is 23.4 Å². The fourth-order valence-electron chi connectivity index (χ4n) is 8.53. The molecular formula is C40H47N9O4. The molecule has 1 aliphatic carbocycles. The van der Waals surface area contributed by atoms with Crippen molar-refractivity contribution in [1.82, 2.24) is 34.6 Å². The van der Waals surface area contributed by atoms with Gasteiger partial charge in [-0.15, -0.1) is 0 Å². The lowest BCUT2D eigenvalue weighted by Crippen LogP contribution is -2.63. The van der Waals surface area contributed by atoms with Crippen molar-refractivity contribution in [2.45, 2.75) is 76.8 Å². The first-order chi connectivity index (χ1) is 25.7. The Bertz CT molecular complexity index is 2080. The number of ketones is 1. The van der Waals surface area contributed by atoms with Crippen LogP contribution in [0.4, 0.5) is 17.5 Å². The molecule has 2 amide bonds. The van der Waals surface area contributed by atoms with Crippen LogP contribution in [0.25, 0.3) is 11.0 Å². The third-order valence-corrected chi connectivity index (χ3v) is 11.7. The maximum absolute atomic E-state index is 13.5. The number of Topliss-reactive ketones (excluding diaryl/α,β-unsaturated/α-hetero) is 1. The Morgan fingerprint density at radius 2 is 1.66 bits per heavy atom. The minimum absolute atomic E-state index is 0.0260. The first-order valence-corrected chi connectivity index (χ1v) is 19.0. The smallest absolute Gasteiger partial charge is 0.263 e. The van der Waals surface area contributed by atoms with E-state index in [1.165, 1.54) is 12.5 Å². The van der Waals surface area contributed by atoms with E-state index in [0.717, 1.165) is 94.6 Å². The molecule has 1 aromatic carbocycles. The van der Waals surface area contributed by atoms with Crippen LogP contribution in [0.2, 0.25) is 0 Å². The van der Waals surface area contributed by atoms with Crippen molar-refractivity contribution in [3.05, 3.63) is 81.4 Å². The Kier molecular flexibility index (Phi) is 9.78. The number of hydrogen-bond acceptors (Lipinski definition) is 11. The van der Waals surface area contributed by atoms with Gasteiger partial charge in [0.15, 0.2) is 5.78 Å². The standard InChI is InChI=1S/C40H47N9O4/c1-25-33-22-42-40(45-37(33)49(29-5-3-4-6-29)39(53)36(25)26(2)50)43-34-13-11-30(21-41-34)48-23-31(24-48)47-19-17-46(18-20-47)16-15-27-7-9-28(10-8-27)32-12-14-35(51)44-38(32)52/h7-11,13,21-22,29,31-32H,3-6,12,14-20,23-24H2,1-2H3,(H,44,51,52)(H,41,42,43,45). The van der Waals surface area contributed by atoms with Crippen molar-refractivity contribution >= 4 is 46.1 Å². The molecule has 13 nitrogen and oxygen atoms in total. The number of hydrogen-bond donors (Lipinski definition) is 2. The zero-order chi connectivity index (χ0) is 36.6. The minimum atomic E-state index is -0.260. The summed E-state index contributed by atoms with van der Waals surface area (Å²) in [6.07, 6.45) is 9.43. The van der Waals surface area contributed by atoms with Crippen molar-refractivity contribution in [3.8, 4) is 0 Å². The van der Waals surface area contributed by atoms with Gasteiger partial charge >= 0.3 is 0 Å². The summed E-state index contributed by atoms with van der Waals surface area (Å²) in [4.78, 5) is 71.1. The molecule has 4 aromatic rings. The summed E-state index contributed by atoms with van der Waals surface area (Å²) in [5.74, 6) is 0.155. The molecule has 6 heterocycles. The zero-order valence-electron chi connectivity index (χ0n) is 30.5. The normalized spacial score (nSPS) is 20.5. The van der Waals surface area contributed by atoms with E-state index in [4.69, 9.17) is 4.98 Å². The number of imide groups is 1. The third kappa shape index (κ3) is 7.19. The number of anilines is 3. The molecule has 3 aromatic heterocycles. The maximum Gasteiger partial charge on any atom is 0.263 e. The van der Waals surface area contributed by atoms with Crippen LogP contribution < -0.4 is 21.1 Å². The van der Waals surface area contributed by atoms with E-state index in [1.807, 2.05) is 24.4 Å². The van der Waals surface area contributed by atoms with Crippen molar-refractivity contribution in [2.24, 2.45) is 0 Å². The van der Waals surface area contributed by atoms with Crippen LogP contribution in [0.1, 0.15) is 84.5 Å². The minimum Gasteiger partial charge on any atom is -0.367 e. The molecule has 0 radical (unpaired) electrons. The number of piperidine rings is 1. The molecule has 1 unspecified atom stereocenters. The predicted octanol–water partition coefficient (Wildman–Crippen LogP) is 4.13. The Morgan fingerprint density at radius 3 is 2.34 bits per heavy atom. The number of pyridine rings is 2. The van der Waals surface area contributed by atoms with Gasteiger partial charge in [0.1, 0.15) is 11.5 Å². The summed E-state index contributed by atoms with van der Waals surface area (Å²) >= 11 is 0. The maximum atomic E-state index is 13.5. The number of aromatic nitrogens is 4. The fourth-order valence-corrected chi connectivity index (χ4v) is 8.53. The Hall–Kier alpha value is -5.01. The number of carbonyl (C=O) groups excluding carboxylic acids is 3. The Balaban J connectivity index is 0.819. The molecule has 4 fully saturated rings. The first-order valence-electron chi connectivity index (χ1n) is 19.0. The van der Waals surface area contributed by atoms with E-state index in [-0.39, 0.29) is 40.7 Å². The Morgan fingerprint density at radius 1 is 0.906 bits per heavy atom. The molecule has 3 saturated heterocycles. The number of nitrogens with zero attached hydrogens (tertiary/aromatic N) is 7. The Labute approximate surface area is 308 Å². The fraction of sp³-hybridized carbons (Fsp3) is 0.475. The lowest BCUT2D eigenvalue weighted by Gasteiger charge is -2.49. The number of fused-ring (bicyclic) bond motifs is 1. The van der Waals surface area contributed by atoms with Gasteiger partial charge in [-0.05, 0) is 68.4 Å². The molecule has 13 heteroatoms. The predicted molar refractivity (Wildman–Crippen MR) is 203 cm³/mol. The molecule has 53 heavy (non-hydrogen) atoms. The second-order valence-corrected chi connectivity index (χ2v) is 15.1. The van der Waals surface area contributed by atoms with E-state index in [1.54, 1.807) is 17.7 Å². The lowest BCUT2D eigenvalue weighted by molar-refractivity contribution is -0.134. The van der Waals surface area contributed by atoms with Crippen LogP contribution in [-0.2, 0) is 16.0 Å². The quantitative estimate of drug-likeness (QED) is 0.181. The highest BCUT2D eigenvalue weighted by Gasteiger charge is 2.34. The topological polar surface area (TPSA) is 146 Å². The number of piperazine rings is 1. The lowest BCUT2D eigenvalue weighted by atomic mass is 9.90.